The van der Waals surface area contributed by atoms with Crippen LogP contribution in [0, 0.1) is 10.1 Å². The van der Waals surface area contributed by atoms with Crippen LogP contribution < -0.4 is 5.73 Å². The summed E-state index contributed by atoms with van der Waals surface area (Å²) in [4.78, 5) is 10.2. The van der Waals surface area contributed by atoms with Crippen LogP contribution in [-0.2, 0) is 7.05 Å². The minimum Gasteiger partial charge on any atom is -0.384 e. The van der Waals surface area contributed by atoms with E-state index in [1.54, 1.807) is 19.2 Å². The molecule has 0 aliphatic heterocycles. The number of aromatic nitrogens is 2. The monoisotopic (exact) mass is 252 g/mol. The predicted octanol–water partition coefficient (Wildman–Crippen LogP) is 2.23. The molecule has 6 nitrogen and oxygen atoms in total. The zero-order valence-electron chi connectivity index (χ0n) is 8.92. The minimum absolute atomic E-state index is 0.0725. The van der Waals surface area contributed by atoms with E-state index in [1.807, 2.05) is 0 Å². The number of halogens is 1. The number of rotatable bonds is 2. The lowest BCUT2D eigenvalue weighted by Crippen LogP contribution is -1.96. The maximum Gasteiger partial charge on any atom is 0.271 e. The van der Waals surface area contributed by atoms with Crippen molar-refractivity contribution in [2.45, 2.75) is 0 Å². The molecule has 0 saturated carbocycles. The van der Waals surface area contributed by atoms with Crippen molar-refractivity contribution in [3.63, 3.8) is 0 Å². The number of nitro benzene ring substituents is 1. The lowest BCUT2D eigenvalue weighted by molar-refractivity contribution is -0.384. The van der Waals surface area contributed by atoms with Crippen LogP contribution in [0.4, 0.5) is 11.5 Å². The van der Waals surface area contributed by atoms with Crippen LogP contribution in [0.2, 0.25) is 5.02 Å². The van der Waals surface area contributed by atoms with E-state index in [0.29, 0.717) is 22.1 Å². The van der Waals surface area contributed by atoms with Gasteiger partial charge in [0.2, 0.25) is 0 Å². The number of nitrogen functional groups attached to an aromatic ring is 1. The molecule has 2 N–H and O–H groups in total. The van der Waals surface area contributed by atoms with E-state index in [-0.39, 0.29) is 5.69 Å². The normalized spacial score (nSPS) is 10.5. The Kier molecular flexibility index (Phi) is 2.72. The second-order valence-corrected chi connectivity index (χ2v) is 3.97. The Balaban J connectivity index is 2.55. The van der Waals surface area contributed by atoms with Gasteiger partial charge in [0.15, 0.2) is 0 Å². The lowest BCUT2D eigenvalue weighted by atomic mass is 10.1. The van der Waals surface area contributed by atoms with Crippen molar-refractivity contribution in [3.8, 4) is 11.3 Å². The number of anilines is 1. The van der Waals surface area contributed by atoms with E-state index >= 15 is 0 Å². The molecule has 0 amide bonds. The molecule has 2 aromatic rings. The van der Waals surface area contributed by atoms with Gasteiger partial charge in [-0.1, -0.05) is 11.6 Å². The first kappa shape index (κ1) is 11.4. The van der Waals surface area contributed by atoms with Crippen LogP contribution in [0.25, 0.3) is 11.3 Å². The highest BCUT2D eigenvalue weighted by atomic mass is 35.5. The highest BCUT2D eigenvalue weighted by Crippen LogP contribution is 2.28. The molecule has 17 heavy (non-hydrogen) atoms. The molecule has 0 aliphatic rings. The van der Waals surface area contributed by atoms with E-state index in [0.717, 1.165) is 0 Å². The average Bonchev–Trinajstić information content (AvgIpc) is 2.58. The molecule has 1 aromatic heterocycles. The van der Waals surface area contributed by atoms with Crippen molar-refractivity contribution in [3.05, 3.63) is 39.4 Å². The Morgan fingerprint density at radius 2 is 2.12 bits per heavy atom. The summed E-state index contributed by atoms with van der Waals surface area (Å²) < 4.78 is 1.49. The fourth-order valence-electron chi connectivity index (χ4n) is 1.45. The molecule has 1 heterocycles. The molecule has 0 spiro atoms. The number of nitro groups is 1. The van der Waals surface area contributed by atoms with Crippen LogP contribution in [-0.4, -0.2) is 14.7 Å². The van der Waals surface area contributed by atoms with Gasteiger partial charge in [-0.2, -0.15) is 5.10 Å². The molecular formula is C10H9ClN4O2. The van der Waals surface area contributed by atoms with Crippen molar-refractivity contribution >= 4 is 23.1 Å². The number of nitrogens with two attached hydrogens (primary N) is 1. The van der Waals surface area contributed by atoms with E-state index < -0.39 is 4.92 Å². The van der Waals surface area contributed by atoms with Gasteiger partial charge in [0.25, 0.3) is 5.69 Å². The summed E-state index contributed by atoms with van der Waals surface area (Å²) in [6.45, 7) is 0. The van der Waals surface area contributed by atoms with Crippen molar-refractivity contribution in [2.75, 3.05) is 5.73 Å². The summed E-state index contributed by atoms with van der Waals surface area (Å²) in [5.41, 5.74) is 6.69. The molecule has 0 aliphatic carbocycles. The molecule has 0 saturated heterocycles. The maximum atomic E-state index is 10.7. The van der Waals surface area contributed by atoms with Gasteiger partial charge in [-0.15, -0.1) is 0 Å². The first-order chi connectivity index (χ1) is 7.97. The van der Waals surface area contributed by atoms with Gasteiger partial charge < -0.3 is 5.73 Å². The third-order valence-electron chi connectivity index (χ3n) is 2.31. The number of benzene rings is 1. The summed E-state index contributed by atoms with van der Waals surface area (Å²) in [5, 5.41) is 15.1. The Labute approximate surface area is 102 Å². The summed E-state index contributed by atoms with van der Waals surface area (Å²) in [6.07, 6.45) is 0. The van der Waals surface area contributed by atoms with Gasteiger partial charge in [-0.3, -0.25) is 14.8 Å². The molecule has 0 bridgehead atoms. The molecule has 88 valence electrons. The number of hydrogen-bond donors (Lipinski definition) is 1. The first-order valence-electron chi connectivity index (χ1n) is 4.72. The van der Waals surface area contributed by atoms with Gasteiger partial charge in [0.1, 0.15) is 5.82 Å². The van der Waals surface area contributed by atoms with Gasteiger partial charge in [-0.05, 0) is 6.07 Å². The largest absolute Gasteiger partial charge is 0.384 e. The van der Waals surface area contributed by atoms with Gasteiger partial charge in [0, 0.05) is 35.8 Å². The topological polar surface area (TPSA) is 87.0 Å². The minimum atomic E-state index is -0.498. The summed E-state index contributed by atoms with van der Waals surface area (Å²) in [5.74, 6) is 0.475. The maximum absolute atomic E-state index is 10.7. The molecule has 0 radical (unpaired) electrons. The molecule has 1 aromatic carbocycles. The van der Waals surface area contributed by atoms with Crippen molar-refractivity contribution < 1.29 is 4.92 Å². The van der Waals surface area contributed by atoms with E-state index in [4.69, 9.17) is 17.3 Å². The second kappa shape index (κ2) is 4.06. The van der Waals surface area contributed by atoms with Gasteiger partial charge in [0.05, 0.1) is 10.6 Å². The molecule has 0 atom stereocenters. The third kappa shape index (κ3) is 2.21. The molecule has 0 fully saturated rings. The van der Waals surface area contributed by atoms with Crippen LogP contribution in [0.1, 0.15) is 0 Å². The number of aryl methyl sites for hydroxylation is 1. The number of hydrogen-bond acceptors (Lipinski definition) is 4. The van der Waals surface area contributed by atoms with Crippen molar-refractivity contribution in [1.29, 1.82) is 0 Å². The van der Waals surface area contributed by atoms with Gasteiger partial charge in [-0.25, -0.2) is 0 Å². The Hall–Kier alpha value is -2.08. The van der Waals surface area contributed by atoms with Crippen LogP contribution in [0.3, 0.4) is 0 Å². The molecule has 2 rings (SSSR count). The first-order valence-corrected chi connectivity index (χ1v) is 5.10. The Bertz CT molecular complexity index is 574. The van der Waals surface area contributed by atoms with E-state index in [1.165, 1.54) is 16.8 Å². The standard InChI is InChI=1S/C10H9ClN4O2/c1-14-10(12)5-9(13-14)6-2-7(11)4-8(3-6)15(16)17/h2-5H,12H2,1H3. The van der Waals surface area contributed by atoms with E-state index in [2.05, 4.69) is 5.10 Å². The number of non-ortho nitro benzene ring substituents is 1. The lowest BCUT2D eigenvalue weighted by Gasteiger charge is -1.98. The Morgan fingerprint density at radius 1 is 1.41 bits per heavy atom. The van der Waals surface area contributed by atoms with Crippen LogP contribution in [0.5, 0.6) is 0 Å². The van der Waals surface area contributed by atoms with Gasteiger partial charge >= 0.3 is 0 Å². The second-order valence-electron chi connectivity index (χ2n) is 3.53. The quantitative estimate of drug-likeness (QED) is 0.656. The SMILES string of the molecule is Cn1nc(-c2cc(Cl)cc([N+](=O)[O-])c2)cc1N. The average molecular weight is 253 g/mol. The fourth-order valence-corrected chi connectivity index (χ4v) is 1.68. The third-order valence-corrected chi connectivity index (χ3v) is 2.52. The molecule has 0 unspecified atom stereocenters. The Morgan fingerprint density at radius 3 is 2.65 bits per heavy atom. The molecule has 7 heteroatoms. The smallest absolute Gasteiger partial charge is 0.271 e. The summed E-state index contributed by atoms with van der Waals surface area (Å²) >= 11 is 5.82. The highest BCUT2D eigenvalue weighted by molar-refractivity contribution is 6.31. The van der Waals surface area contributed by atoms with Crippen molar-refractivity contribution in [2.24, 2.45) is 7.05 Å². The summed E-state index contributed by atoms with van der Waals surface area (Å²) in [7, 11) is 1.69. The summed E-state index contributed by atoms with van der Waals surface area (Å²) in [6, 6.07) is 5.94. The zero-order valence-corrected chi connectivity index (χ0v) is 9.68. The van der Waals surface area contributed by atoms with E-state index in [9.17, 15) is 10.1 Å². The van der Waals surface area contributed by atoms with Crippen LogP contribution in [0.15, 0.2) is 24.3 Å². The zero-order chi connectivity index (χ0) is 12.6. The highest BCUT2D eigenvalue weighted by Gasteiger charge is 2.12. The fraction of sp³-hybridized carbons (Fsp3) is 0.100. The predicted molar refractivity (Wildman–Crippen MR) is 64.7 cm³/mol. The molecular weight excluding hydrogens is 244 g/mol. The van der Waals surface area contributed by atoms with Crippen molar-refractivity contribution in [1.82, 2.24) is 9.78 Å². The number of nitrogens with zero attached hydrogens (tertiary/aromatic N) is 3. The van der Waals surface area contributed by atoms with Crippen LogP contribution >= 0.6 is 11.6 Å².